The van der Waals surface area contributed by atoms with E-state index in [9.17, 15) is 9.59 Å². The summed E-state index contributed by atoms with van der Waals surface area (Å²) in [6.07, 6.45) is 0. The highest BCUT2D eigenvalue weighted by molar-refractivity contribution is 7.99. The topological polar surface area (TPSA) is 110 Å². The Balaban J connectivity index is 2.87. The Morgan fingerprint density at radius 3 is 2.68 bits per heavy atom. The molecule has 3 N–H and O–H groups in total. The summed E-state index contributed by atoms with van der Waals surface area (Å²) in [5, 5.41) is 28.4. The number of rotatable bonds is 6. The third-order valence-corrected chi connectivity index (χ3v) is 3.15. The summed E-state index contributed by atoms with van der Waals surface area (Å²) >= 11 is 1.19. The van der Waals surface area contributed by atoms with E-state index < -0.39 is 24.5 Å². The molecular weight excluding hydrogens is 268 g/mol. The third kappa shape index (κ3) is 4.28. The van der Waals surface area contributed by atoms with Gasteiger partial charge in [0.1, 0.15) is 0 Å². The number of nitrogens with zero attached hydrogens (tertiary/aromatic N) is 1. The van der Waals surface area contributed by atoms with Crippen LogP contribution in [0.1, 0.15) is 10.4 Å². The number of carboxylic acid groups (broad SMARTS) is 1. The molecule has 19 heavy (non-hydrogen) atoms. The molecule has 0 saturated heterocycles. The van der Waals surface area contributed by atoms with Crippen molar-refractivity contribution in [1.29, 1.82) is 5.26 Å². The number of nitrogens with one attached hydrogen (secondary N) is 1. The summed E-state index contributed by atoms with van der Waals surface area (Å²) in [5.74, 6) is -1.72. The average Bonchev–Trinajstić information content (AvgIpc) is 2.42. The van der Waals surface area contributed by atoms with Gasteiger partial charge in [0, 0.05) is 4.90 Å². The molecule has 0 aromatic heterocycles. The molecule has 1 unspecified atom stereocenters. The molecule has 0 saturated carbocycles. The molecule has 1 amide bonds. The van der Waals surface area contributed by atoms with Gasteiger partial charge in [0.25, 0.3) is 5.91 Å². The SMILES string of the molecule is N#CCSc1ccccc1C(=O)NC(CO)C(=O)O. The van der Waals surface area contributed by atoms with Gasteiger partial charge in [0.2, 0.25) is 0 Å². The maximum atomic E-state index is 11.9. The lowest BCUT2D eigenvalue weighted by Gasteiger charge is -2.13. The zero-order valence-electron chi connectivity index (χ0n) is 9.87. The number of nitriles is 1. The number of hydrogen-bond acceptors (Lipinski definition) is 5. The predicted octanol–water partition coefficient (Wildman–Crippen LogP) is 0.478. The second-order valence-corrected chi connectivity index (χ2v) is 4.51. The molecular formula is C12H12N2O4S. The van der Waals surface area contributed by atoms with Crippen LogP contribution in [-0.2, 0) is 4.79 Å². The number of carbonyl (C=O) groups excluding carboxylic acids is 1. The van der Waals surface area contributed by atoms with Crippen molar-refractivity contribution in [2.45, 2.75) is 10.9 Å². The molecule has 1 atom stereocenters. The van der Waals surface area contributed by atoms with Gasteiger partial charge < -0.3 is 15.5 Å². The van der Waals surface area contributed by atoms with Crippen molar-refractivity contribution >= 4 is 23.6 Å². The first-order chi connectivity index (χ1) is 9.10. The van der Waals surface area contributed by atoms with Gasteiger partial charge in [0.05, 0.1) is 24.0 Å². The first-order valence-electron chi connectivity index (χ1n) is 5.33. The first kappa shape index (κ1) is 15.0. The molecule has 0 fully saturated rings. The minimum Gasteiger partial charge on any atom is -0.480 e. The first-order valence-corrected chi connectivity index (χ1v) is 6.32. The molecule has 0 heterocycles. The number of aliphatic carboxylic acids is 1. The van der Waals surface area contributed by atoms with Crippen molar-refractivity contribution in [3.05, 3.63) is 29.8 Å². The number of carboxylic acids is 1. The van der Waals surface area contributed by atoms with E-state index in [4.69, 9.17) is 15.5 Å². The molecule has 1 aromatic rings. The normalized spacial score (nSPS) is 11.4. The van der Waals surface area contributed by atoms with Crippen LogP contribution in [0.2, 0.25) is 0 Å². The molecule has 0 radical (unpaired) electrons. The Morgan fingerprint density at radius 1 is 1.42 bits per heavy atom. The number of aliphatic hydroxyl groups is 1. The highest BCUT2D eigenvalue weighted by atomic mass is 32.2. The fourth-order valence-corrected chi connectivity index (χ4v) is 2.02. The number of benzene rings is 1. The molecule has 7 heteroatoms. The summed E-state index contributed by atoms with van der Waals surface area (Å²) < 4.78 is 0. The molecule has 0 aliphatic heterocycles. The Hall–Kier alpha value is -2.04. The second-order valence-electron chi connectivity index (χ2n) is 3.49. The minimum atomic E-state index is -1.35. The average molecular weight is 280 g/mol. The van der Waals surface area contributed by atoms with Crippen molar-refractivity contribution in [1.82, 2.24) is 5.32 Å². The molecule has 0 bridgehead atoms. The Morgan fingerprint density at radius 2 is 2.11 bits per heavy atom. The van der Waals surface area contributed by atoms with Crippen molar-refractivity contribution in [2.75, 3.05) is 12.4 Å². The maximum Gasteiger partial charge on any atom is 0.328 e. The summed E-state index contributed by atoms with van der Waals surface area (Å²) in [4.78, 5) is 23.2. The summed E-state index contributed by atoms with van der Waals surface area (Å²) in [6, 6.07) is 7.17. The highest BCUT2D eigenvalue weighted by Crippen LogP contribution is 2.22. The van der Waals surface area contributed by atoms with Crippen molar-refractivity contribution < 1.29 is 19.8 Å². The number of aliphatic hydroxyl groups excluding tert-OH is 1. The molecule has 0 aliphatic carbocycles. The van der Waals surface area contributed by atoms with Gasteiger partial charge in [-0.25, -0.2) is 4.79 Å². The van der Waals surface area contributed by atoms with Gasteiger partial charge in [-0.15, -0.1) is 11.8 Å². The number of carbonyl (C=O) groups is 2. The fraction of sp³-hybridized carbons (Fsp3) is 0.250. The lowest BCUT2D eigenvalue weighted by molar-refractivity contribution is -0.140. The van der Waals surface area contributed by atoms with Crippen LogP contribution < -0.4 is 5.32 Å². The van der Waals surface area contributed by atoms with Crippen molar-refractivity contribution in [3.63, 3.8) is 0 Å². The van der Waals surface area contributed by atoms with Crippen LogP contribution in [0.15, 0.2) is 29.2 Å². The van der Waals surface area contributed by atoms with E-state index in [2.05, 4.69) is 5.32 Å². The van der Waals surface area contributed by atoms with Crippen LogP contribution in [0.4, 0.5) is 0 Å². The van der Waals surface area contributed by atoms with E-state index >= 15 is 0 Å². The zero-order chi connectivity index (χ0) is 14.3. The molecule has 1 rings (SSSR count). The molecule has 100 valence electrons. The van der Waals surface area contributed by atoms with Gasteiger partial charge in [-0.1, -0.05) is 12.1 Å². The van der Waals surface area contributed by atoms with Gasteiger partial charge in [-0.2, -0.15) is 5.26 Å². The minimum absolute atomic E-state index is 0.187. The zero-order valence-corrected chi connectivity index (χ0v) is 10.7. The van der Waals surface area contributed by atoms with Gasteiger partial charge >= 0.3 is 5.97 Å². The molecule has 1 aromatic carbocycles. The smallest absolute Gasteiger partial charge is 0.328 e. The van der Waals surface area contributed by atoms with Crippen LogP contribution in [-0.4, -0.2) is 40.5 Å². The van der Waals surface area contributed by atoms with Crippen LogP contribution in [0.3, 0.4) is 0 Å². The lowest BCUT2D eigenvalue weighted by Crippen LogP contribution is -2.43. The Bertz CT molecular complexity index is 513. The van der Waals surface area contributed by atoms with Crippen LogP contribution >= 0.6 is 11.8 Å². The van der Waals surface area contributed by atoms with Gasteiger partial charge in [-0.05, 0) is 12.1 Å². The van der Waals surface area contributed by atoms with Crippen molar-refractivity contribution in [3.8, 4) is 6.07 Å². The number of hydrogen-bond donors (Lipinski definition) is 3. The summed E-state index contributed by atoms with van der Waals surface area (Å²) in [7, 11) is 0. The largest absolute Gasteiger partial charge is 0.480 e. The maximum absolute atomic E-state index is 11.9. The van der Waals surface area contributed by atoms with Gasteiger partial charge in [-0.3, -0.25) is 4.79 Å². The molecule has 0 spiro atoms. The monoisotopic (exact) mass is 280 g/mol. The van der Waals surface area contributed by atoms with E-state index in [0.717, 1.165) is 0 Å². The van der Waals surface area contributed by atoms with Crippen LogP contribution in [0.5, 0.6) is 0 Å². The molecule has 0 aliphatic rings. The summed E-state index contributed by atoms with van der Waals surface area (Å²) in [5.41, 5.74) is 0.280. The van der Waals surface area contributed by atoms with E-state index in [-0.39, 0.29) is 11.3 Å². The van der Waals surface area contributed by atoms with Crippen LogP contribution in [0, 0.1) is 11.3 Å². The lowest BCUT2D eigenvalue weighted by atomic mass is 10.2. The number of thioether (sulfide) groups is 1. The third-order valence-electron chi connectivity index (χ3n) is 2.21. The standard InChI is InChI=1S/C12H12N2O4S/c13-5-6-19-10-4-2-1-3-8(10)11(16)14-9(7-15)12(17)18/h1-4,9,15H,6-7H2,(H,14,16)(H,17,18). The predicted molar refractivity (Wildman–Crippen MR) is 68.8 cm³/mol. The number of amides is 1. The summed E-state index contributed by atoms with van der Waals surface area (Å²) in [6.45, 7) is -0.686. The van der Waals surface area contributed by atoms with Gasteiger partial charge in [0.15, 0.2) is 6.04 Å². The van der Waals surface area contributed by atoms with Crippen LogP contribution in [0.25, 0.3) is 0 Å². The Kier molecular flexibility index (Phi) is 5.85. The van der Waals surface area contributed by atoms with Crippen molar-refractivity contribution in [2.24, 2.45) is 0 Å². The highest BCUT2D eigenvalue weighted by Gasteiger charge is 2.20. The van der Waals surface area contributed by atoms with E-state index in [0.29, 0.717) is 4.90 Å². The fourth-order valence-electron chi connectivity index (χ4n) is 1.31. The second kappa shape index (κ2) is 7.41. The Labute approximate surface area is 114 Å². The van der Waals surface area contributed by atoms with E-state index in [1.165, 1.54) is 17.8 Å². The van der Waals surface area contributed by atoms with E-state index in [1.807, 2.05) is 6.07 Å². The quantitative estimate of drug-likeness (QED) is 0.654. The van der Waals surface area contributed by atoms with E-state index in [1.54, 1.807) is 18.2 Å². The molecule has 6 nitrogen and oxygen atoms in total.